The molecule has 0 aliphatic heterocycles. The van der Waals surface area contributed by atoms with Gasteiger partial charge in [-0.2, -0.15) is 0 Å². The highest BCUT2D eigenvalue weighted by Gasteiger charge is 2.25. The first-order valence-corrected chi connectivity index (χ1v) is 9.20. The summed E-state index contributed by atoms with van der Waals surface area (Å²) in [5.41, 5.74) is 4.16. The molecule has 0 spiro atoms. The second kappa shape index (κ2) is 10.7. The molecular formula is C20H21FN4O6. The van der Waals surface area contributed by atoms with E-state index in [1.54, 1.807) is 13.8 Å². The fourth-order valence-electron chi connectivity index (χ4n) is 2.48. The average molecular weight is 432 g/mol. The Morgan fingerprint density at radius 2 is 1.71 bits per heavy atom. The zero-order chi connectivity index (χ0) is 23.0. The van der Waals surface area contributed by atoms with E-state index in [1.807, 2.05) is 0 Å². The molecule has 0 fully saturated rings. The molecule has 0 bridgehead atoms. The summed E-state index contributed by atoms with van der Waals surface area (Å²) in [5.74, 6) is -2.96. The Bertz CT molecular complexity index is 964. The van der Waals surface area contributed by atoms with Crippen LogP contribution in [0.3, 0.4) is 0 Å². The van der Waals surface area contributed by atoms with Crippen LogP contribution in [0.2, 0.25) is 0 Å². The number of nitro groups is 1. The quantitative estimate of drug-likeness (QED) is 0.429. The highest BCUT2D eigenvalue weighted by molar-refractivity contribution is 5.97. The van der Waals surface area contributed by atoms with Gasteiger partial charge in [0.05, 0.1) is 4.92 Å². The molecule has 3 N–H and O–H groups in total. The van der Waals surface area contributed by atoms with Crippen molar-refractivity contribution in [2.45, 2.75) is 19.9 Å². The third-order valence-electron chi connectivity index (χ3n) is 4.09. The van der Waals surface area contributed by atoms with Gasteiger partial charge in [-0.25, -0.2) is 4.39 Å². The summed E-state index contributed by atoms with van der Waals surface area (Å²) < 4.78 is 18.1. The first kappa shape index (κ1) is 23.3. The van der Waals surface area contributed by atoms with E-state index in [2.05, 4.69) is 16.2 Å². The Labute approximate surface area is 176 Å². The summed E-state index contributed by atoms with van der Waals surface area (Å²) in [6, 6.07) is 9.35. The zero-order valence-corrected chi connectivity index (χ0v) is 16.8. The number of hydrogen-bond donors (Lipinski definition) is 3. The molecule has 0 aliphatic rings. The van der Waals surface area contributed by atoms with Crippen LogP contribution in [0.5, 0.6) is 5.75 Å². The Kier molecular flexibility index (Phi) is 8.01. The molecule has 11 heteroatoms. The average Bonchev–Trinajstić information content (AvgIpc) is 2.74. The van der Waals surface area contributed by atoms with E-state index in [0.717, 1.165) is 12.1 Å². The van der Waals surface area contributed by atoms with Crippen molar-refractivity contribution >= 4 is 23.4 Å². The predicted molar refractivity (Wildman–Crippen MR) is 107 cm³/mol. The number of ether oxygens (including phenoxy) is 1. The molecule has 2 rings (SSSR count). The lowest BCUT2D eigenvalue weighted by Gasteiger charge is -2.22. The number of amides is 3. The maximum atomic E-state index is 13.0. The van der Waals surface area contributed by atoms with Crippen LogP contribution >= 0.6 is 0 Å². The van der Waals surface area contributed by atoms with Gasteiger partial charge in [-0.15, -0.1) is 0 Å². The number of carbonyl (C=O) groups is 3. The second-order valence-electron chi connectivity index (χ2n) is 6.75. The minimum Gasteiger partial charge on any atom is -0.477 e. The van der Waals surface area contributed by atoms with E-state index in [-0.39, 0.29) is 22.9 Å². The second-order valence-corrected chi connectivity index (χ2v) is 6.75. The molecule has 0 saturated heterocycles. The maximum absolute atomic E-state index is 13.0. The summed E-state index contributed by atoms with van der Waals surface area (Å²) in [4.78, 5) is 46.9. The van der Waals surface area contributed by atoms with Crippen LogP contribution in [0.15, 0.2) is 48.5 Å². The number of hydrazine groups is 1. The topological polar surface area (TPSA) is 140 Å². The fourth-order valence-corrected chi connectivity index (χ4v) is 2.48. The smallest absolute Gasteiger partial charge is 0.310 e. The molecule has 0 saturated carbocycles. The van der Waals surface area contributed by atoms with Gasteiger partial charge in [0.1, 0.15) is 11.9 Å². The van der Waals surface area contributed by atoms with Crippen molar-refractivity contribution in [2.24, 2.45) is 5.92 Å². The van der Waals surface area contributed by atoms with Crippen LogP contribution < -0.4 is 20.9 Å². The lowest BCUT2D eigenvalue weighted by Crippen LogP contribution is -2.55. The van der Waals surface area contributed by atoms with Crippen molar-refractivity contribution in [3.63, 3.8) is 0 Å². The van der Waals surface area contributed by atoms with Gasteiger partial charge in [-0.1, -0.05) is 26.0 Å². The van der Waals surface area contributed by atoms with Crippen molar-refractivity contribution in [1.29, 1.82) is 0 Å². The molecular weight excluding hydrogens is 411 g/mol. The monoisotopic (exact) mass is 432 g/mol. The number of nitro benzene ring substituents is 1. The third kappa shape index (κ3) is 6.77. The molecule has 31 heavy (non-hydrogen) atoms. The number of carbonyl (C=O) groups excluding carboxylic acids is 3. The molecule has 1 atom stereocenters. The fraction of sp³-hybridized carbons (Fsp3) is 0.250. The van der Waals surface area contributed by atoms with E-state index in [4.69, 9.17) is 4.74 Å². The van der Waals surface area contributed by atoms with Crippen LogP contribution in [-0.2, 0) is 9.59 Å². The Hall–Kier alpha value is -4.02. The molecule has 0 aliphatic carbocycles. The minimum atomic E-state index is -0.992. The third-order valence-corrected chi connectivity index (χ3v) is 4.09. The van der Waals surface area contributed by atoms with Crippen molar-refractivity contribution in [1.82, 2.24) is 16.2 Å². The number of benzene rings is 2. The number of nitrogens with zero attached hydrogens (tertiary/aromatic N) is 1. The maximum Gasteiger partial charge on any atom is 0.310 e. The summed E-state index contributed by atoms with van der Waals surface area (Å²) in [6.45, 7) is 2.79. The largest absolute Gasteiger partial charge is 0.477 e. The van der Waals surface area contributed by atoms with Crippen molar-refractivity contribution in [3.8, 4) is 5.75 Å². The van der Waals surface area contributed by atoms with E-state index in [0.29, 0.717) is 0 Å². The minimum absolute atomic E-state index is 0.0967. The molecule has 2 aromatic carbocycles. The van der Waals surface area contributed by atoms with Crippen LogP contribution in [0.25, 0.3) is 0 Å². The highest BCUT2D eigenvalue weighted by Crippen LogP contribution is 2.25. The molecule has 1 unspecified atom stereocenters. The normalized spacial score (nSPS) is 11.4. The molecule has 3 amide bonds. The van der Waals surface area contributed by atoms with Gasteiger partial charge in [0.2, 0.25) is 0 Å². The lowest BCUT2D eigenvalue weighted by molar-refractivity contribution is -0.385. The van der Waals surface area contributed by atoms with Gasteiger partial charge in [-0.3, -0.25) is 35.3 Å². The van der Waals surface area contributed by atoms with Crippen LogP contribution in [0.1, 0.15) is 24.2 Å². The molecule has 0 heterocycles. The number of para-hydroxylation sites is 2. The lowest BCUT2D eigenvalue weighted by atomic mass is 10.0. The Balaban J connectivity index is 1.89. The molecule has 164 valence electrons. The van der Waals surface area contributed by atoms with Gasteiger partial charge in [0, 0.05) is 11.6 Å². The van der Waals surface area contributed by atoms with Crippen LogP contribution in [0, 0.1) is 21.8 Å². The molecule has 10 nitrogen and oxygen atoms in total. The molecule has 0 aromatic heterocycles. The number of rotatable bonds is 8. The SMILES string of the molecule is CC(C)C(NC(=O)c1ccc(F)cc1)C(=O)NNC(=O)COc1ccccc1[N+](=O)[O-]. The van der Waals surface area contributed by atoms with Crippen molar-refractivity contribution < 1.29 is 28.4 Å². The van der Waals surface area contributed by atoms with Crippen molar-refractivity contribution in [2.75, 3.05) is 6.61 Å². The number of nitrogens with one attached hydrogen (secondary N) is 3. The molecule has 2 aromatic rings. The van der Waals surface area contributed by atoms with Gasteiger partial charge in [0.25, 0.3) is 17.7 Å². The first-order valence-electron chi connectivity index (χ1n) is 9.20. The summed E-state index contributed by atoms with van der Waals surface area (Å²) in [5, 5.41) is 13.5. The molecule has 0 radical (unpaired) electrons. The number of halogens is 1. The Morgan fingerprint density at radius 1 is 1.06 bits per heavy atom. The van der Waals surface area contributed by atoms with Gasteiger partial charge >= 0.3 is 5.69 Å². The summed E-state index contributed by atoms with van der Waals surface area (Å²) in [7, 11) is 0. The standard InChI is InChI=1S/C20H21FN4O6/c1-12(2)18(22-19(27)13-7-9-14(21)10-8-13)20(28)24-23-17(26)11-31-16-6-4-3-5-15(16)25(29)30/h3-10,12,18H,11H2,1-2H3,(H,22,27)(H,23,26)(H,24,28). The number of hydrogen-bond acceptors (Lipinski definition) is 6. The Morgan fingerprint density at radius 3 is 2.32 bits per heavy atom. The van der Waals surface area contributed by atoms with Gasteiger partial charge < -0.3 is 10.1 Å². The summed E-state index contributed by atoms with van der Waals surface area (Å²) in [6.07, 6.45) is 0. The van der Waals surface area contributed by atoms with Crippen LogP contribution in [-0.4, -0.2) is 35.3 Å². The summed E-state index contributed by atoms with van der Waals surface area (Å²) >= 11 is 0. The highest BCUT2D eigenvalue weighted by atomic mass is 19.1. The van der Waals surface area contributed by atoms with Crippen molar-refractivity contribution in [3.05, 3.63) is 70.0 Å². The van der Waals surface area contributed by atoms with E-state index < -0.39 is 41.1 Å². The van der Waals surface area contributed by atoms with Crippen LogP contribution in [0.4, 0.5) is 10.1 Å². The van der Waals surface area contributed by atoms with E-state index >= 15 is 0 Å². The van der Waals surface area contributed by atoms with E-state index in [9.17, 15) is 28.9 Å². The van der Waals surface area contributed by atoms with Gasteiger partial charge in [0.15, 0.2) is 12.4 Å². The zero-order valence-electron chi connectivity index (χ0n) is 16.8. The first-order chi connectivity index (χ1) is 14.7. The van der Waals surface area contributed by atoms with Gasteiger partial charge in [-0.05, 0) is 36.2 Å². The van der Waals surface area contributed by atoms with E-state index in [1.165, 1.54) is 36.4 Å². The predicted octanol–water partition coefficient (Wildman–Crippen LogP) is 1.71.